The topological polar surface area (TPSA) is 26.0 Å². The van der Waals surface area contributed by atoms with Crippen LogP contribution in [0.5, 0.6) is 0 Å². The third-order valence-electron chi connectivity index (χ3n) is 2.29. The van der Waals surface area contributed by atoms with Crippen LogP contribution in [0.15, 0.2) is 22.9 Å². The Morgan fingerprint density at radius 2 is 2.00 bits per heavy atom. The van der Waals surface area contributed by atoms with Crippen molar-refractivity contribution in [3.63, 3.8) is 0 Å². The number of nitrogens with two attached hydrogens (primary N) is 1. The van der Waals surface area contributed by atoms with Gasteiger partial charge in [-0.15, -0.1) is 0 Å². The van der Waals surface area contributed by atoms with Crippen molar-refractivity contribution >= 4 is 0 Å². The highest BCUT2D eigenvalue weighted by molar-refractivity contribution is 5.31. The maximum Gasteiger partial charge on any atom is 0.00863 e. The van der Waals surface area contributed by atoms with Crippen molar-refractivity contribution in [1.29, 1.82) is 0 Å². The van der Waals surface area contributed by atoms with Crippen LogP contribution in [0.25, 0.3) is 0 Å². The maximum absolute atomic E-state index is 5.71. The van der Waals surface area contributed by atoms with E-state index in [1.807, 2.05) is 0 Å². The summed E-state index contributed by atoms with van der Waals surface area (Å²) in [5, 5.41) is 0. The van der Waals surface area contributed by atoms with Crippen molar-refractivity contribution in [1.82, 2.24) is 0 Å². The second-order valence-corrected chi connectivity index (χ2v) is 3.58. The summed E-state index contributed by atoms with van der Waals surface area (Å²) in [4.78, 5) is 0. The van der Waals surface area contributed by atoms with E-state index in [0.717, 1.165) is 18.5 Å². The summed E-state index contributed by atoms with van der Waals surface area (Å²) in [5.74, 6) is 0.680. The number of rotatable bonds is 1. The zero-order valence-electron chi connectivity index (χ0n) is 7.65. The molecular formula is C10H17N. The van der Waals surface area contributed by atoms with Crippen LogP contribution < -0.4 is 5.73 Å². The van der Waals surface area contributed by atoms with Crippen molar-refractivity contribution in [2.75, 3.05) is 0 Å². The lowest BCUT2D eigenvalue weighted by Gasteiger charge is -2.18. The third kappa shape index (κ3) is 1.86. The monoisotopic (exact) mass is 151 g/mol. The fourth-order valence-electron chi connectivity index (χ4n) is 1.66. The summed E-state index contributed by atoms with van der Waals surface area (Å²) in [6.07, 6.45) is 4.31. The van der Waals surface area contributed by atoms with Gasteiger partial charge in [-0.05, 0) is 37.3 Å². The fourth-order valence-corrected chi connectivity index (χ4v) is 1.66. The van der Waals surface area contributed by atoms with Crippen molar-refractivity contribution in [2.24, 2.45) is 11.7 Å². The average Bonchev–Trinajstić information content (AvgIpc) is 1.85. The molecule has 0 amide bonds. The van der Waals surface area contributed by atoms with Crippen LogP contribution in [-0.2, 0) is 0 Å². The highest BCUT2D eigenvalue weighted by Gasteiger charge is 2.10. The molecule has 1 aliphatic carbocycles. The van der Waals surface area contributed by atoms with Crippen molar-refractivity contribution in [3.8, 4) is 0 Å². The molecule has 2 N–H and O–H groups in total. The number of hydrogen-bond acceptors (Lipinski definition) is 1. The van der Waals surface area contributed by atoms with Gasteiger partial charge in [-0.3, -0.25) is 0 Å². The summed E-state index contributed by atoms with van der Waals surface area (Å²) in [7, 11) is 0. The molecule has 0 saturated heterocycles. The van der Waals surface area contributed by atoms with E-state index >= 15 is 0 Å². The Balaban J connectivity index is 2.86. The van der Waals surface area contributed by atoms with Gasteiger partial charge in [0, 0.05) is 5.70 Å². The molecule has 1 nitrogen and oxygen atoms in total. The summed E-state index contributed by atoms with van der Waals surface area (Å²) in [5.41, 5.74) is 9.70. The number of hydrogen-bond donors (Lipinski definition) is 1. The van der Waals surface area contributed by atoms with Gasteiger partial charge in [0.25, 0.3) is 0 Å². The lowest BCUT2D eigenvalue weighted by Crippen LogP contribution is -2.07. The van der Waals surface area contributed by atoms with E-state index in [2.05, 4.69) is 26.8 Å². The second kappa shape index (κ2) is 3.12. The van der Waals surface area contributed by atoms with Crippen LogP contribution in [0.4, 0.5) is 0 Å². The van der Waals surface area contributed by atoms with Gasteiger partial charge in [0.1, 0.15) is 0 Å². The van der Waals surface area contributed by atoms with Crippen LogP contribution in [0, 0.1) is 5.92 Å². The lowest BCUT2D eigenvalue weighted by atomic mass is 9.89. The van der Waals surface area contributed by atoms with Gasteiger partial charge in [-0.25, -0.2) is 0 Å². The Labute approximate surface area is 69.0 Å². The molecule has 0 aromatic rings. The van der Waals surface area contributed by atoms with Crippen LogP contribution in [0.3, 0.4) is 0 Å². The Kier molecular flexibility index (Phi) is 2.38. The van der Waals surface area contributed by atoms with Crippen LogP contribution in [0.1, 0.15) is 33.6 Å². The molecule has 1 rings (SSSR count). The standard InChI is InChI=1S/C10H17N/c1-7(2)10-5-4-9(11)6-8(10)3/h6-7H,4-5,11H2,1-3H3. The molecule has 0 atom stereocenters. The molecule has 1 heteroatoms. The van der Waals surface area contributed by atoms with Crippen LogP contribution in [-0.4, -0.2) is 0 Å². The van der Waals surface area contributed by atoms with Gasteiger partial charge < -0.3 is 5.73 Å². The largest absolute Gasteiger partial charge is 0.402 e. The minimum Gasteiger partial charge on any atom is -0.402 e. The molecule has 0 aliphatic heterocycles. The molecule has 0 aromatic heterocycles. The van der Waals surface area contributed by atoms with Crippen LogP contribution in [0.2, 0.25) is 0 Å². The molecule has 0 fully saturated rings. The van der Waals surface area contributed by atoms with E-state index in [0.29, 0.717) is 5.92 Å². The van der Waals surface area contributed by atoms with Gasteiger partial charge >= 0.3 is 0 Å². The Bertz CT molecular complexity index is 209. The van der Waals surface area contributed by atoms with Gasteiger partial charge in [0.05, 0.1) is 0 Å². The van der Waals surface area contributed by atoms with E-state index in [1.54, 1.807) is 5.57 Å². The molecular weight excluding hydrogens is 134 g/mol. The fraction of sp³-hybridized carbons (Fsp3) is 0.600. The quantitative estimate of drug-likeness (QED) is 0.612. The maximum atomic E-state index is 5.71. The lowest BCUT2D eigenvalue weighted by molar-refractivity contribution is 0.687. The summed E-state index contributed by atoms with van der Waals surface area (Å²) >= 11 is 0. The molecule has 1 aliphatic rings. The third-order valence-corrected chi connectivity index (χ3v) is 2.29. The van der Waals surface area contributed by atoms with Gasteiger partial charge in [-0.2, -0.15) is 0 Å². The summed E-state index contributed by atoms with van der Waals surface area (Å²) in [6, 6.07) is 0. The predicted octanol–water partition coefficient (Wildman–Crippen LogP) is 2.60. The Morgan fingerprint density at radius 3 is 2.45 bits per heavy atom. The Hall–Kier alpha value is -0.720. The first-order valence-electron chi connectivity index (χ1n) is 4.27. The smallest absolute Gasteiger partial charge is 0.00863 e. The SMILES string of the molecule is CC1=C(C(C)C)CCC(N)=C1. The van der Waals surface area contributed by atoms with Gasteiger partial charge in [0.2, 0.25) is 0 Å². The van der Waals surface area contributed by atoms with E-state index < -0.39 is 0 Å². The molecule has 62 valence electrons. The van der Waals surface area contributed by atoms with Crippen molar-refractivity contribution in [3.05, 3.63) is 22.9 Å². The molecule has 0 unspecified atom stereocenters. The van der Waals surface area contributed by atoms with Crippen molar-refractivity contribution in [2.45, 2.75) is 33.6 Å². The second-order valence-electron chi connectivity index (χ2n) is 3.58. The average molecular weight is 151 g/mol. The van der Waals surface area contributed by atoms with E-state index in [4.69, 9.17) is 5.73 Å². The molecule has 0 aromatic carbocycles. The summed E-state index contributed by atoms with van der Waals surface area (Å²) < 4.78 is 0. The summed E-state index contributed by atoms with van der Waals surface area (Å²) in [6.45, 7) is 6.64. The first-order valence-corrected chi connectivity index (χ1v) is 4.27. The first kappa shape index (κ1) is 8.38. The molecule has 0 saturated carbocycles. The van der Waals surface area contributed by atoms with Gasteiger partial charge in [-0.1, -0.05) is 19.4 Å². The van der Waals surface area contributed by atoms with Crippen LogP contribution >= 0.6 is 0 Å². The minimum absolute atomic E-state index is 0.680. The molecule has 11 heavy (non-hydrogen) atoms. The van der Waals surface area contributed by atoms with Gasteiger partial charge in [0.15, 0.2) is 0 Å². The number of allylic oxidation sites excluding steroid dienone is 4. The molecule has 0 spiro atoms. The molecule has 0 bridgehead atoms. The highest BCUT2D eigenvalue weighted by atomic mass is 14.6. The highest BCUT2D eigenvalue weighted by Crippen LogP contribution is 2.26. The van der Waals surface area contributed by atoms with E-state index in [9.17, 15) is 0 Å². The predicted molar refractivity (Wildman–Crippen MR) is 49.0 cm³/mol. The van der Waals surface area contributed by atoms with E-state index in [-0.39, 0.29) is 0 Å². The zero-order valence-corrected chi connectivity index (χ0v) is 7.65. The normalized spacial score (nSPS) is 19.1. The Morgan fingerprint density at radius 1 is 1.36 bits per heavy atom. The zero-order chi connectivity index (χ0) is 8.43. The van der Waals surface area contributed by atoms with E-state index in [1.165, 1.54) is 5.57 Å². The molecule has 0 radical (unpaired) electrons. The molecule has 0 heterocycles. The minimum atomic E-state index is 0.680. The first-order chi connectivity index (χ1) is 5.11. The van der Waals surface area contributed by atoms with Crippen molar-refractivity contribution < 1.29 is 0 Å².